The van der Waals surface area contributed by atoms with Crippen LogP contribution in [0.5, 0.6) is 0 Å². The number of carbonyl (C=O) groups is 1. The van der Waals surface area contributed by atoms with E-state index < -0.39 is 0 Å². The summed E-state index contributed by atoms with van der Waals surface area (Å²) in [6.07, 6.45) is 0. The second-order valence-electron chi connectivity index (χ2n) is 4.62. The molecule has 0 aliphatic carbocycles. The molecule has 2 aromatic rings. The van der Waals surface area contributed by atoms with Crippen molar-refractivity contribution in [3.63, 3.8) is 0 Å². The summed E-state index contributed by atoms with van der Waals surface area (Å²) in [6, 6.07) is 3.99. The number of aromatic nitrogens is 1. The van der Waals surface area contributed by atoms with Crippen molar-refractivity contribution in [3.8, 4) is 10.8 Å². The van der Waals surface area contributed by atoms with E-state index in [9.17, 15) is 4.79 Å². The first-order valence-electron chi connectivity index (χ1n) is 6.64. The lowest BCUT2D eigenvalue weighted by molar-refractivity contribution is 0.0946. The van der Waals surface area contributed by atoms with Gasteiger partial charge in [-0.3, -0.25) is 4.79 Å². The first kappa shape index (κ1) is 17.7. The third-order valence-electron chi connectivity index (χ3n) is 2.81. The van der Waals surface area contributed by atoms with Crippen molar-refractivity contribution in [2.75, 3.05) is 13.1 Å². The van der Waals surface area contributed by atoms with Crippen LogP contribution in [0.2, 0.25) is 0 Å². The molecule has 21 heavy (non-hydrogen) atoms. The van der Waals surface area contributed by atoms with Gasteiger partial charge in [-0.1, -0.05) is 6.92 Å². The zero-order chi connectivity index (χ0) is 14.5. The summed E-state index contributed by atoms with van der Waals surface area (Å²) in [7, 11) is 0. The van der Waals surface area contributed by atoms with Crippen molar-refractivity contribution in [3.05, 3.63) is 29.0 Å². The zero-order valence-corrected chi connectivity index (χ0v) is 13.9. The van der Waals surface area contributed by atoms with E-state index in [0.717, 1.165) is 17.3 Å². The van der Waals surface area contributed by atoms with Gasteiger partial charge >= 0.3 is 0 Å². The molecule has 0 aliphatic heterocycles. The van der Waals surface area contributed by atoms with E-state index >= 15 is 0 Å². The summed E-state index contributed by atoms with van der Waals surface area (Å²) in [4.78, 5) is 16.3. The fraction of sp³-hybridized carbons (Fsp3) is 0.429. The molecule has 0 spiro atoms. The van der Waals surface area contributed by atoms with Gasteiger partial charge in [-0.15, -0.1) is 23.7 Å². The van der Waals surface area contributed by atoms with Crippen molar-refractivity contribution in [2.45, 2.75) is 26.8 Å². The summed E-state index contributed by atoms with van der Waals surface area (Å²) in [5.41, 5.74) is 0.433. The smallest absolute Gasteiger partial charge is 0.270 e. The molecule has 0 aromatic carbocycles. The first-order valence-corrected chi connectivity index (χ1v) is 7.52. The van der Waals surface area contributed by atoms with Crippen molar-refractivity contribution < 1.29 is 9.21 Å². The maximum atomic E-state index is 12.0. The van der Waals surface area contributed by atoms with Gasteiger partial charge in [-0.2, -0.15) is 0 Å². The highest BCUT2D eigenvalue weighted by atomic mass is 35.5. The number of carbonyl (C=O) groups excluding carboxylic acids is 1. The van der Waals surface area contributed by atoms with E-state index in [2.05, 4.69) is 15.6 Å². The van der Waals surface area contributed by atoms with Crippen LogP contribution in [-0.4, -0.2) is 30.0 Å². The summed E-state index contributed by atoms with van der Waals surface area (Å²) in [6.45, 7) is 7.42. The maximum Gasteiger partial charge on any atom is 0.270 e. The van der Waals surface area contributed by atoms with Gasteiger partial charge in [0.1, 0.15) is 11.5 Å². The van der Waals surface area contributed by atoms with Gasteiger partial charge < -0.3 is 15.1 Å². The normalized spacial score (nSPS) is 11.8. The average molecular weight is 330 g/mol. The Hall–Kier alpha value is -1.37. The molecular formula is C14H20ClN3O2S. The Balaban J connectivity index is 0.00000220. The van der Waals surface area contributed by atoms with Crippen LogP contribution in [-0.2, 0) is 0 Å². The Morgan fingerprint density at radius 2 is 2.24 bits per heavy atom. The van der Waals surface area contributed by atoms with Crippen molar-refractivity contribution in [1.29, 1.82) is 0 Å². The molecule has 2 aromatic heterocycles. The Kier molecular flexibility index (Phi) is 6.87. The largest absolute Gasteiger partial charge is 0.459 e. The molecular weight excluding hydrogens is 310 g/mol. The Morgan fingerprint density at radius 3 is 2.86 bits per heavy atom. The number of hydrogen-bond donors (Lipinski definition) is 2. The minimum absolute atomic E-state index is 0. The summed E-state index contributed by atoms with van der Waals surface area (Å²) < 4.78 is 5.50. The number of aryl methyl sites for hydroxylation is 1. The third-order valence-corrected chi connectivity index (χ3v) is 3.67. The number of hydrogen-bond acceptors (Lipinski definition) is 5. The van der Waals surface area contributed by atoms with E-state index in [0.29, 0.717) is 18.0 Å². The summed E-state index contributed by atoms with van der Waals surface area (Å²) in [5.74, 6) is 1.38. The Bertz CT molecular complexity index is 582. The van der Waals surface area contributed by atoms with Crippen LogP contribution in [0.4, 0.5) is 0 Å². The molecule has 7 heteroatoms. The van der Waals surface area contributed by atoms with Crippen molar-refractivity contribution >= 4 is 29.7 Å². The molecule has 1 amide bonds. The molecule has 5 nitrogen and oxygen atoms in total. The first-order chi connectivity index (χ1) is 9.60. The molecule has 0 saturated heterocycles. The Labute approximate surface area is 134 Å². The molecule has 116 valence electrons. The number of nitrogens with zero attached hydrogens (tertiary/aromatic N) is 1. The lowest BCUT2D eigenvalue weighted by Crippen LogP contribution is -2.38. The lowest BCUT2D eigenvalue weighted by atomic mass is 10.3. The van der Waals surface area contributed by atoms with E-state index in [1.54, 1.807) is 5.38 Å². The van der Waals surface area contributed by atoms with Crippen molar-refractivity contribution in [2.24, 2.45) is 0 Å². The van der Waals surface area contributed by atoms with Crippen LogP contribution in [0.3, 0.4) is 0 Å². The number of thiazole rings is 1. The van der Waals surface area contributed by atoms with Crippen LogP contribution in [0.15, 0.2) is 21.9 Å². The van der Waals surface area contributed by atoms with Gasteiger partial charge in [0.25, 0.3) is 5.91 Å². The number of furan rings is 1. The molecule has 0 fully saturated rings. The highest BCUT2D eigenvalue weighted by molar-refractivity contribution is 7.13. The average Bonchev–Trinajstić information content (AvgIpc) is 3.04. The minimum atomic E-state index is -0.152. The van der Waals surface area contributed by atoms with Gasteiger partial charge in [-0.25, -0.2) is 4.98 Å². The third kappa shape index (κ3) is 4.84. The predicted octanol–water partition coefficient (Wildman–Crippen LogP) is 2.86. The quantitative estimate of drug-likeness (QED) is 0.855. The molecule has 2 N–H and O–H groups in total. The highest BCUT2D eigenvalue weighted by Gasteiger charge is 2.14. The van der Waals surface area contributed by atoms with Crippen LogP contribution in [0.1, 0.15) is 30.1 Å². The predicted molar refractivity (Wildman–Crippen MR) is 87.3 cm³/mol. The summed E-state index contributed by atoms with van der Waals surface area (Å²) in [5, 5.41) is 8.58. The second kappa shape index (κ2) is 8.17. The Morgan fingerprint density at radius 1 is 1.48 bits per heavy atom. The minimum Gasteiger partial charge on any atom is -0.459 e. The van der Waals surface area contributed by atoms with Crippen LogP contribution >= 0.6 is 23.7 Å². The van der Waals surface area contributed by atoms with E-state index in [1.807, 2.05) is 32.9 Å². The lowest BCUT2D eigenvalue weighted by Gasteiger charge is -2.12. The van der Waals surface area contributed by atoms with Crippen LogP contribution in [0.25, 0.3) is 10.8 Å². The number of halogens is 1. The van der Waals surface area contributed by atoms with E-state index in [-0.39, 0.29) is 24.4 Å². The van der Waals surface area contributed by atoms with Crippen LogP contribution < -0.4 is 10.6 Å². The van der Waals surface area contributed by atoms with Gasteiger partial charge in [0, 0.05) is 18.0 Å². The van der Waals surface area contributed by atoms with E-state index in [1.165, 1.54) is 11.3 Å². The number of amides is 1. The highest BCUT2D eigenvalue weighted by Crippen LogP contribution is 2.25. The molecule has 0 saturated carbocycles. The topological polar surface area (TPSA) is 67.2 Å². The number of rotatable bonds is 6. The SMILES string of the molecule is CCN[C@H](C)CNC(=O)c1csc(-c2ccc(C)o2)n1.Cl. The molecule has 2 rings (SSSR count). The number of nitrogens with one attached hydrogen (secondary N) is 2. The van der Waals surface area contributed by atoms with Gasteiger partial charge in [0.05, 0.1) is 0 Å². The van der Waals surface area contributed by atoms with Gasteiger partial charge in [0.2, 0.25) is 0 Å². The monoisotopic (exact) mass is 329 g/mol. The fourth-order valence-corrected chi connectivity index (χ4v) is 2.56. The fourth-order valence-electron chi connectivity index (χ4n) is 1.80. The molecule has 0 aliphatic rings. The maximum absolute atomic E-state index is 12.0. The molecule has 0 unspecified atom stereocenters. The standard InChI is InChI=1S/C14H19N3O2S.ClH/c1-4-15-9(2)7-16-13(18)11-8-20-14(17-11)12-6-5-10(3)19-12;/h5-6,8-9,15H,4,7H2,1-3H3,(H,16,18);1H/t9-;/m1./s1. The molecule has 0 bridgehead atoms. The van der Waals surface area contributed by atoms with Gasteiger partial charge in [-0.05, 0) is 32.5 Å². The van der Waals surface area contributed by atoms with E-state index in [4.69, 9.17) is 4.42 Å². The van der Waals surface area contributed by atoms with Gasteiger partial charge in [0.15, 0.2) is 10.8 Å². The van der Waals surface area contributed by atoms with Crippen LogP contribution in [0, 0.1) is 6.92 Å². The van der Waals surface area contributed by atoms with Crippen molar-refractivity contribution in [1.82, 2.24) is 15.6 Å². The number of likely N-dealkylation sites (N-methyl/N-ethyl adjacent to an activating group) is 1. The molecule has 1 atom stereocenters. The zero-order valence-electron chi connectivity index (χ0n) is 12.3. The molecule has 0 radical (unpaired) electrons. The summed E-state index contributed by atoms with van der Waals surface area (Å²) >= 11 is 1.41. The second-order valence-corrected chi connectivity index (χ2v) is 5.48. The molecule has 2 heterocycles.